The van der Waals surface area contributed by atoms with Crippen LogP contribution in [-0.4, -0.2) is 22.3 Å². The quantitative estimate of drug-likeness (QED) is 0.665. The van der Waals surface area contributed by atoms with Crippen LogP contribution >= 0.6 is 11.6 Å². The van der Waals surface area contributed by atoms with Crippen LogP contribution in [0.15, 0.2) is 12.3 Å². The van der Waals surface area contributed by atoms with E-state index in [1.165, 1.54) is 5.56 Å². The van der Waals surface area contributed by atoms with Gasteiger partial charge in [-0.1, -0.05) is 32.4 Å². The zero-order chi connectivity index (χ0) is 12.6. The zero-order valence-corrected chi connectivity index (χ0v) is 11.2. The van der Waals surface area contributed by atoms with Gasteiger partial charge < -0.3 is 4.90 Å². The largest absolute Gasteiger partial charge is 0.338 e. The molecule has 0 radical (unpaired) electrons. The van der Waals surface area contributed by atoms with E-state index in [0.29, 0.717) is 11.7 Å². The lowest BCUT2D eigenvalue weighted by Gasteiger charge is -2.33. The van der Waals surface area contributed by atoms with Crippen LogP contribution in [0.5, 0.6) is 0 Å². The minimum atomic E-state index is -0.322. The van der Waals surface area contributed by atoms with Crippen LogP contribution in [0.4, 0.5) is 0 Å². The Bertz CT molecular complexity index is 451. The summed E-state index contributed by atoms with van der Waals surface area (Å²) in [7, 11) is 0. The molecule has 4 heteroatoms. The molecular formula is C13H17ClN2O. The van der Waals surface area contributed by atoms with Gasteiger partial charge in [0.25, 0.3) is 0 Å². The van der Waals surface area contributed by atoms with Gasteiger partial charge in [-0.15, -0.1) is 0 Å². The molecule has 0 saturated carbocycles. The third-order valence-electron chi connectivity index (χ3n) is 2.99. The summed E-state index contributed by atoms with van der Waals surface area (Å²) in [6.07, 6.45) is 2.64. The van der Waals surface area contributed by atoms with Gasteiger partial charge in [-0.2, -0.15) is 0 Å². The zero-order valence-electron chi connectivity index (χ0n) is 10.5. The number of pyridine rings is 1. The first-order chi connectivity index (χ1) is 7.88. The maximum absolute atomic E-state index is 12.2. The van der Waals surface area contributed by atoms with Crippen molar-refractivity contribution in [3.63, 3.8) is 0 Å². The normalized spacial score (nSPS) is 15.6. The third-order valence-corrected chi connectivity index (χ3v) is 3.20. The standard InChI is InChI=1S/C13H17ClN2O/c1-13(2,3)12(17)16-5-4-9-6-11(14)15-7-10(9)8-16/h6-7H,4-5,8H2,1-3H3. The molecular weight excluding hydrogens is 236 g/mol. The first kappa shape index (κ1) is 12.4. The van der Waals surface area contributed by atoms with Crippen molar-refractivity contribution in [3.05, 3.63) is 28.5 Å². The molecule has 0 aromatic carbocycles. The second kappa shape index (κ2) is 4.30. The summed E-state index contributed by atoms with van der Waals surface area (Å²) in [5.41, 5.74) is 2.00. The van der Waals surface area contributed by atoms with Crippen LogP contribution in [0.25, 0.3) is 0 Å². The minimum Gasteiger partial charge on any atom is -0.338 e. The lowest BCUT2D eigenvalue weighted by molar-refractivity contribution is -0.140. The Balaban J connectivity index is 2.19. The van der Waals surface area contributed by atoms with Gasteiger partial charge in [0.2, 0.25) is 5.91 Å². The van der Waals surface area contributed by atoms with E-state index in [0.717, 1.165) is 18.5 Å². The maximum atomic E-state index is 12.2. The van der Waals surface area contributed by atoms with Gasteiger partial charge in [0.15, 0.2) is 0 Å². The Labute approximate surface area is 107 Å². The van der Waals surface area contributed by atoms with E-state index in [1.807, 2.05) is 31.7 Å². The van der Waals surface area contributed by atoms with Crippen molar-refractivity contribution in [2.45, 2.75) is 33.7 Å². The summed E-state index contributed by atoms with van der Waals surface area (Å²) in [6.45, 7) is 7.26. The lowest BCUT2D eigenvalue weighted by Crippen LogP contribution is -2.42. The molecule has 0 saturated heterocycles. The Morgan fingerprint density at radius 2 is 2.12 bits per heavy atom. The minimum absolute atomic E-state index is 0.193. The highest BCUT2D eigenvalue weighted by atomic mass is 35.5. The van der Waals surface area contributed by atoms with Crippen molar-refractivity contribution >= 4 is 17.5 Å². The van der Waals surface area contributed by atoms with E-state index in [2.05, 4.69) is 4.98 Å². The molecule has 0 spiro atoms. The number of halogens is 1. The molecule has 0 unspecified atom stereocenters. The third kappa shape index (κ3) is 2.60. The SMILES string of the molecule is CC(C)(C)C(=O)N1CCc2cc(Cl)ncc2C1. The smallest absolute Gasteiger partial charge is 0.228 e. The molecule has 2 heterocycles. The van der Waals surface area contributed by atoms with Gasteiger partial charge in [-0.25, -0.2) is 4.98 Å². The van der Waals surface area contributed by atoms with Gasteiger partial charge >= 0.3 is 0 Å². The van der Waals surface area contributed by atoms with Crippen molar-refractivity contribution in [3.8, 4) is 0 Å². The summed E-state index contributed by atoms with van der Waals surface area (Å²) < 4.78 is 0. The molecule has 1 aromatic rings. The van der Waals surface area contributed by atoms with Gasteiger partial charge in [0.1, 0.15) is 5.15 Å². The van der Waals surface area contributed by atoms with Crippen molar-refractivity contribution in [1.82, 2.24) is 9.88 Å². The monoisotopic (exact) mass is 252 g/mol. The van der Waals surface area contributed by atoms with Crippen molar-refractivity contribution in [2.24, 2.45) is 5.41 Å². The predicted molar refractivity (Wildman–Crippen MR) is 67.8 cm³/mol. The number of amides is 1. The number of rotatable bonds is 0. The molecule has 0 aliphatic carbocycles. The number of fused-ring (bicyclic) bond motifs is 1. The molecule has 3 nitrogen and oxygen atoms in total. The van der Waals surface area contributed by atoms with Gasteiger partial charge in [0.05, 0.1) is 0 Å². The Morgan fingerprint density at radius 3 is 2.76 bits per heavy atom. The van der Waals surface area contributed by atoms with Crippen LogP contribution in [0.2, 0.25) is 5.15 Å². The number of carbonyl (C=O) groups excluding carboxylic acids is 1. The Hall–Kier alpha value is -1.09. The maximum Gasteiger partial charge on any atom is 0.228 e. The average molecular weight is 253 g/mol. The molecule has 17 heavy (non-hydrogen) atoms. The second-order valence-corrected chi connectivity index (χ2v) is 5.89. The summed E-state index contributed by atoms with van der Waals surface area (Å²) in [5, 5.41) is 0.527. The summed E-state index contributed by atoms with van der Waals surface area (Å²) in [6, 6.07) is 1.90. The van der Waals surface area contributed by atoms with Crippen molar-refractivity contribution < 1.29 is 4.79 Å². The highest BCUT2D eigenvalue weighted by Crippen LogP contribution is 2.25. The molecule has 0 N–H and O–H groups in total. The lowest BCUT2D eigenvalue weighted by atomic mass is 9.92. The fourth-order valence-corrected chi connectivity index (χ4v) is 2.24. The number of carbonyl (C=O) groups is 1. The van der Waals surface area contributed by atoms with Crippen molar-refractivity contribution in [1.29, 1.82) is 0 Å². The van der Waals surface area contributed by atoms with E-state index < -0.39 is 0 Å². The molecule has 0 atom stereocenters. The van der Waals surface area contributed by atoms with Crippen molar-refractivity contribution in [2.75, 3.05) is 6.54 Å². The van der Waals surface area contributed by atoms with Crippen LogP contribution in [0, 0.1) is 5.41 Å². The average Bonchev–Trinajstić information content (AvgIpc) is 2.26. The second-order valence-electron chi connectivity index (χ2n) is 5.50. The van der Waals surface area contributed by atoms with Gasteiger partial charge in [0, 0.05) is 24.7 Å². The Morgan fingerprint density at radius 1 is 1.41 bits per heavy atom. The number of nitrogens with zero attached hydrogens (tertiary/aromatic N) is 2. The van der Waals surface area contributed by atoms with E-state index in [-0.39, 0.29) is 11.3 Å². The van der Waals surface area contributed by atoms with Gasteiger partial charge in [-0.05, 0) is 23.6 Å². The van der Waals surface area contributed by atoms with Crippen LogP contribution < -0.4 is 0 Å². The fraction of sp³-hybridized carbons (Fsp3) is 0.538. The topological polar surface area (TPSA) is 33.2 Å². The molecule has 1 amide bonds. The molecule has 0 bridgehead atoms. The van der Waals surface area contributed by atoms with Crippen LogP contribution in [-0.2, 0) is 17.8 Å². The highest BCUT2D eigenvalue weighted by molar-refractivity contribution is 6.29. The first-order valence-electron chi connectivity index (χ1n) is 5.80. The molecule has 0 fully saturated rings. The molecule has 2 rings (SSSR count). The van der Waals surface area contributed by atoms with Crippen LogP contribution in [0.1, 0.15) is 31.9 Å². The molecule has 1 aromatic heterocycles. The van der Waals surface area contributed by atoms with Gasteiger partial charge in [-0.3, -0.25) is 4.79 Å². The number of hydrogen-bond donors (Lipinski definition) is 0. The number of aromatic nitrogens is 1. The van der Waals surface area contributed by atoms with E-state index in [9.17, 15) is 4.79 Å². The van der Waals surface area contributed by atoms with E-state index >= 15 is 0 Å². The first-order valence-corrected chi connectivity index (χ1v) is 6.18. The Kier molecular flexibility index (Phi) is 3.13. The van der Waals surface area contributed by atoms with E-state index in [1.54, 1.807) is 6.20 Å². The molecule has 92 valence electrons. The molecule has 1 aliphatic heterocycles. The summed E-state index contributed by atoms with van der Waals surface area (Å²) in [5.74, 6) is 0.193. The highest BCUT2D eigenvalue weighted by Gasteiger charge is 2.29. The molecule has 1 aliphatic rings. The summed E-state index contributed by atoms with van der Waals surface area (Å²) in [4.78, 5) is 18.2. The fourth-order valence-electron chi connectivity index (χ4n) is 2.06. The van der Waals surface area contributed by atoms with E-state index in [4.69, 9.17) is 11.6 Å². The summed E-state index contributed by atoms with van der Waals surface area (Å²) >= 11 is 5.86. The van der Waals surface area contributed by atoms with Crippen LogP contribution in [0.3, 0.4) is 0 Å². The predicted octanol–water partition coefficient (Wildman–Crippen LogP) is 2.67. The number of hydrogen-bond acceptors (Lipinski definition) is 2.